The molecule has 0 fully saturated rings. The minimum atomic E-state index is -0.595. The molecule has 0 radical (unpaired) electrons. The van der Waals surface area contributed by atoms with Gasteiger partial charge in [0.15, 0.2) is 0 Å². The summed E-state index contributed by atoms with van der Waals surface area (Å²) in [6.45, 7) is 0.997. The van der Waals surface area contributed by atoms with E-state index in [-0.39, 0.29) is 16.4 Å². The molecule has 0 aliphatic carbocycles. The Balaban J connectivity index is 2.16. The van der Waals surface area contributed by atoms with Crippen LogP contribution in [0, 0.1) is 5.82 Å². The van der Waals surface area contributed by atoms with Gasteiger partial charge in [-0.15, -0.1) is 0 Å². The third-order valence-electron chi connectivity index (χ3n) is 2.45. The van der Waals surface area contributed by atoms with E-state index in [1.165, 1.54) is 30.7 Å². The predicted molar refractivity (Wildman–Crippen MR) is 70.6 cm³/mol. The van der Waals surface area contributed by atoms with Crippen molar-refractivity contribution in [3.63, 3.8) is 0 Å². The summed E-state index contributed by atoms with van der Waals surface area (Å²) < 4.78 is 15.2. The zero-order chi connectivity index (χ0) is 13.8. The van der Waals surface area contributed by atoms with Crippen LogP contribution in [0.15, 0.2) is 30.7 Å². The highest BCUT2D eigenvalue weighted by Crippen LogP contribution is 2.24. The lowest BCUT2D eigenvalue weighted by molar-refractivity contribution is 0.102. The van der Waals surface area contributed by atoms with Gasteiger partial charge in [-0.3, -0.25) is 4.79 Å². The lowest BCUT2D eigenvalue weighted by atomic mass is 10.3. The maximum Gasteiger partial charge on any atom is 0.275 e. The summed E-state index contributed by atoms with van der Waals surface area (Å²) in [5, 5.41) is 2.53. The standard InChI is InChI=1S/C12H12ClFN4O/c13-8-2-1-3-9(14)11(8)17-12(19)10-6-18(5-4-15)7-16-10/h1-3,6-7H,4-5,15H2,(H,17,19). The molecule has 3 N–H and O–H groups in total. The van der Waals surface area contributed by atoms with E-state index in [4.69, 9.17) is 17.3 Å². The maximum atomic E-state index is 13.5. The highest BCUT2D eigenvalue weighted by Gasteiger charge is 2.14. The number of aromatic nitrogens is 2. The number of hydrogen-bond acceptors (Lipinski definition) is 3. The van der Waals surface area contributed by atoms with Crippen LogP contribution in [0.4, 0.5) is 10.1 Å². The molecule has 0 aliphatic heterocycles. The Bertz CT molecular complexity index is 579. The van der Waals surface area contributed by atoms with Crippen LogP contribution in [-0.4, -0.2) is 22.0 Å². The first-order valence-corrected chi connectivity index (χ1v) is 5.97. The molecule has 0 spiro atoms. The van der Waals surface area contributed by atoms with Gasteiger partial charge in [-0.1, -0.05) is 17.7 Å². The quantitative estimate of drug-likeness (QED) is 0.899. The smallest absolute Gasteiger partial charge is 0.275 e. The fourth-order valence-electron chi connectivity index (χ4n) is 1.54. The normalized spacial score (nSPS) is 10.5. The molecule has 0 saturated heterocycles. The molecule has 2 aromatic rings. The number of anilines is 1. The van der Waals surface area contributed by atoms with Crippen LogP contribution in [0.5, 0.6) is 0 Å². The third-order valence-corrected chi connectivity index (χ3v) is 2.77. The SMILES string of the molecule is NCCn1cnc(C(=O)Nc2c(F)cccc2Cl)c1. The molecule has 0 aliphatic rings. The Morgan fingerprint density at radius 3 is 3.00 bits per heavy atom. The first-order chi connectivity index (χ1) is 9.11. The molecule has 5 nitrogen and oxygen atoms in total. The monoisotopic (exact) mass is 282 g/mol. The van der Waals surface area contributed by atoms with E-state index < -0.39 is 11.7 Å². The Morgan fingerprint density at radius 2 is 2.32 bits per heavy atom. The van der Waals surface area contributed by atoms with Crippen molar-refractivity contribution in [2.45, 2.75) is 6.54 Å². The number of para-hydroxylation sites is 1. The second kappa shape index (κ2) is 5.81. The zero-order valence-corrected chi connectivity index (χ0v) is 10.7. The van der Waals surface area contributed by atoms with Crippen molar-refractivity contribution in [3.05, 3.63) is 47.3 Å². The minimum Gasteiger partial charge on any atom is -0.335 e. The number of halogens is 2. The fourth-order valence-corrected chi connectivity index (χ4v) is 1.75. The van der Waals surface area contributed by atoms with Gasteiger partial charge in [0.1, 0.15) is 11.5 Å². The lowest BCUT2D eigenvalue weighted by Gasteiger charge is -2.06. The number of benzene rings is 1. The molecule has 0 saturated carbocycles. The Hall–Kier alpha value is -1.92. The van der Waals surface area contributed by atoms with Crippen molar-refractivity contribution in [3.8, 4) is 0 Å². The molecule has 0 atom stereocenters. The topological polar surface area (TPSA) is 72.9 Å². The van der Waals surface area contributed by atoms with Gasteiger partial charge in [0, 0.05) is 19.3 Å². The molecule has 1 amide bonds. The minimum absolute atomic E-state index is 0.0532. The summed E-state index contributed by atoms with van der Waals surface area (Å²) in [6.07, 6.45) is 3.03. The molecular formula is C12H12ClFN4O. The van der Waals surface area contributed by atoms with Crippen LogP contribution < -0.4 is 11.1 Å². The van der Waals surface area contributed by atoms with Crippen molar-refractivity contribution in [2.75, 3.05) is 11.9 Å². The molecule has 7 heteroatoms. The number of imidazole rings is 1. The van der Waals surface area contributed by atoms with Gasteiger partial charge in [0.25, 0.3) is 5.91 Å². The Kier molecular flexibility index (Phi) is 4.13. The van der Waals surface area contributed by atoms with E-state index in [0.29, 0.717) is 13.1 Å². The number of nitrogens with two attached hydrogens (primary N) is 1. The summed E-state index contributed by atoms with van der Waals surface area (Å²) in [5.41, 5.74) is 5.51. The molecule has 1 heterocycles. The average molecular weight is 283 g/mol. The van der Waals surface area contributed by atoms with E-state index in [1.807, 2.05) is 0 Å². The third kappa shape index (κ3) is 3.10. The number of rotatable bonds is 4. The second-order valence-corrected chi connectivity index (χ2v) is 4.24. The lowest BCUT2D eigenvalue weighted by Crippen LogP contribution is -2.14. The van der Waals surface area contributed by atoms with Crippen LogP contribution >= 0.6 is 11.6 Å². The van der Waals surface area contributed by atoms with Crippen LogP contribution in [0.2, 0.25) is 5.02 Å². The predicted octanol–water partition coefficient (Wildman–Crippen LogP) is 1.89. The summed E-state index contributed by atoms with van der Waals surface area (Å²) in [7, 11) is 0. The number of amides is 1. The molecule has 1 aromatic heterocycles. The molecule has 19 heavy (non-hydrogen) atoms. The van der Waals surface area contributed by atoms with Crippen molar-refractivity contribution in [2.24, 2.45) is 5.73 Å². The van der Waals surface area contributed by atoms with Gasteiger partial charge in [-0.25, -0.2) is 9.37 Å². The van der Waals surface area contributed by atoms with E-state index in [2.05, 4.69) is 10.3 Å². The van der Waals surface area contributed by atoms with Gasteiger partial charge < -0.3 is 15.6 Å². The van der Waals surface area contributed by atoms with E-state index in [9.17, 15) is 9.18 Å². The number of carbonyl (C=O) groups is 1. The summed E-state index contributed by atoms with van der Waals surface area (Å²) >= 11 is 5.82. The van der Waals surface area contributed by atoms with Gasteiger partial charge >= 0.3 is 0 Å². The summed E-state index contributed by atoms with van der Waals surface area (Å²) in [4.78, 5) is 15.8. The number of nitrogens with one attached hydrogen (secondary N) is 1. The van der Waals surface area contributed by atoms with E-state index in [0.717, 1.165) is 0 Å². The van der Waals surface area contributed by atoms with Gasteiger partial charge in [0.2, 0.25) is 0 Å². The average Bonchev–Trinajstić information content (AvgIpc) is 2.83. The molecular weight excluding hydrogens is 271 g/mol. The van der Waals surface area contributed by atoms with Gasteiger partial charge in [-0.2, -0.15) is 0 Å². The van der Waals surface area contributed by atoms with E-state index >= 15 is 0 Å². The van der Waals surface area contributed by atoms with Crippen molar-refractivity contribution >= 4 is 23.2 Å². The molecule has 1 aromatic carbocycles. The molecule has 2 rings (SSSR count). The van der Waals surface area contributed by atoms with Crippen molar-refractivity contribution in [1.82, 2.24) is 9.55 Å². The zero-order valence-electron chi connectivity index (χ0n) is 9.94. The van der Waals surface area contributed by atoms with Gasteiger partial charge in [-0.05, 0) is 12.1 Å². The van der Waals surface area contributed by atoms with Crippen molar-refractivity contribution in [1.29, 1.82) is 0 Å². The summed E-state index contributed by atoms with van der Waals surface area (Å²) in [6, 6.07) is 4.17. The van der Waals surface area contributed by atoms with Crippen LogP contribution in [0.1, 0.15) is 10.5 Å². The number of carbonyl (C=O) groups excluding carboxylic acids is 1. The second-order valence-electron chi connectivity index (χ2n) is 3.84. The number of hydrogen-bond donors (Lipinski definition) is 2. The first kappa shape index (κ1) is 13.5. The van der Waals surface area contributed by atoms with Crippen molar-refractivity contribution < 1.29 is 9.18 Å². The fraction of sp³-hybridized carbons (Fsp3) is 0.167. The maximum absolute atomic E-state index is 13.5. The molecule has 0 unspecified atom stereocenters. The van der Waals surface area contributed by atoms with Crippen LogP contribution in [-0.2, 0) is 6.54 Å². The molecule has 0 bridgehead atoms. The Morgan fingerprint density at radius 1 is 1.53 bits per heavy atom. The van der Waals surface area contributed by atoms with Crippen LogP contribution in [0.25, 0.3) is 0 Å². The molecule has 100 valence electrons. The highest BCUT2D eigenvalue weighted by molar-refractivity contribution is 6.33. The Labute approximate surface area is 114 Å². The summed E-state index contributed by atoms with van der Waals surface area (Å²) in [5.74, 6) is -1.12. The largest absolute Gasteiger partial charge is 0.335 e. The first-order valence-electron chi connectivity index (χ1n) is 5.59. The van der Waals surface area contributed by atoms with Crippen LogP contribution in [0.3, 0.4) is 0 Å². The number of nitrogens with zero attached hydrogens (tertiary/aromatic N) is 2. The van der Waals surface area contributed by atoms with E-state index in [1.54, 1.807) is 4.57 Å². The highest BCUT2D eigenvalue weighted by atomic mass is 35.5. The van der Waals surface area contributed by atoms with Gasteiger partial charge in [0.05, 0.1) is 17.0 Å².